The molecule has 0 amide bonds. The molecule has 2 aromatic heterocycles. The van der Waals surface area contributed by atoms with Crippen molar-refractivity contribution >= 4 is 33.3 Å². The van der Waals surface area contributed by atoms with Gasteiger partial charge in [-0.25, -0.2) is 9.78 Å². The zero-order valence-corrected chi connectivity index (χ0v) is 15.7. The molecule has 2 heterocycles. The first-order chi connectivity index (χ1) is 13.0. The lowest BCUT2D eigenvalue weighted by atomic mass is 10.2. The lowest BCUT2D eigenvalue weighted by molar-refractivity contribution is -0.117. The Morgan fingerprint density at radius 1 is 1.19 bits per heavy atom. The molecule has 0 aliphatic carbocycles. The summed E-state index contributed by atoms with van der Waals surface area (Å²) in [7, 11) is 0. The first-order valence-corrected chi connectivity index (χ1v) is 9.12. The number of carbonyl (C=O) groups excluding carboxylic acids is 2. The van der Waals surface area contributed by atoms with E-state index in [1.165, 1.54) is 17.8 Å². The van der Waals surface area contributed by atoms with Gasteiger partial charge < -0.3 is 9.47 Å². The number of hydrogen-bond acceptors (Lipinski definition) is 7. The van der Waals surface area contributed by atoms with E-state index in [0.717, 1.165) is 11.3 Å². The lowest BCUT2D eigenvalue weighted by Crippen LogP contribution is -2.23. The van der Waals surface area contributed by atoms with Gasteiger partial charge in [0.2, 0.25) is 0 Å². The quantitative estimate of drug-likeness (QED) is 0.458. The van der Waals surface area contributed by atoms with Crippen molar-refractivity contribution in [2.24, 2.45) is 0 Å². The van der Waals surface area contributed by atoms with Gasteiger partial charge >= 0.3 is 5.97 Å². The van der Waals surface area contributed by atoms with Crippen molar-refractivity contribution in [1.29, 1.82) is 0 Å². The number of ketones is 1. The van der Waals surface area contributed by atoms with Gasteiger partial charge in [0.15, 0.2) is 0 Å². The molecule has 0 atom stereocenters. The summed E-state index contributed by atoms with van der Waals surface area (Å²) in [6.07, 6.45) is 1.32. The van der Waals surface area contributed by atoms with Crippen LogP contribution in [0.15, 0.2) is 41.5 Å². The van der Waals surface area contributed by atoms with Crippen LogP contribution in [0.3, 0.4) is 0 Å². The predicted molar refractivity (Wildman–Crippen MR) is 102 cm³/mol. The lowest BCUT2D eigenvalue weighted by Gasteiger charge is -2.06. The number of aromatic nitrogens is 2. The molecular formula is C19H18N2O5S. The molecule has 27 heavy (non-hydrogen) atoms. The second-order valence-corrected chi connectivity index (χ2v) is 6.91. The van der Waals surface area contributed by atoms with Crippen LogP contribution in [0, 0.1) is 6.92 Å². The van der Waals surface area contributed by atoms with E-state index >= 15 is 0 Å². The average Bonchev–Trinajstić information content (AvgIpc) is 2.99. The fraction of sp³-hybridized carbons (Fsp3) is 0.263. The Kier molecular flexibility index (Phi) is 5.66. The molecule has 1 aromatic carbocycles. The third-order valence-electron chi connectivity index (χ3n) is 3.82. The SMILES string of the molecule is CC(=O)Cn1cnc2sc(C(=O)OCCOc3ccccc3)c(C)c2c1=O. The van der Waals surface area contributed by atoms with Gasteiger partial charge in [0.25, 0.3) is 5.56 Å². The van der Waals surface area contributed by atoms with Crippen LogP contribution in [0.25, 0.3) is 10.2 Å². The number of nitrogens with zero attached hydrogens (tertiary/aromatic N) is 2. The van der Waals surface area contributed by atoms with Crippen LogP contribution < -0.4 is 10.3 Å². The van der Waals surface area contributed by atoms with Crippen molar-refractivity contribution in [1.82, 2.24) is 9.55 Å². The van der Waals surface area contributed by atoms with Crippen molar-refractivity contribution in [2.45, 2.75) is 20.4 Å². The summed E-state index contributed by atoms with van der Waals surface area (Å²) in [6.45, 7) is 3.34. The van der Waals surface area contributed by atoms with Crippen LogP contribution >= 0.6 is 11.3 Å². The highest BCUT2D eigenvalue weighted by Gasteiger charge is 2.20. The number of esters is 1. The zero-order valence-electron chi connectivity index (χ0n) is 14.9. The Morgan fingerprint density at radius 2 is 1.93 bits per heavy atom. The third-order valence-corrected chi connectivity index (χ3v) is 5.00. The van der Waals surface area contributed by atoms with E-state index in [1.54, 1.807) is 6.92 Å². The van der Waals surface area contributed by atoms with Crippen LogP contribution in [0.1, 0.15) is 22.2 Å². The van der Waals surface area contributed by atoms with E-state index in [4.69, 9.17) is 9.47 Å². The maximum Gasteiger partial charge on any atom is 0.348 e. The summed E-state index contributed by atoms with van der Waals surface area (Å²) < 4.78 is 12.0. The molecule has 0 radical (unpaired) electrons. The molecule has 3 rings (SSSR count). The summed E-state index contributed by atoms with van der Waals surface area (Å²) in [4.78, 5) is 41.2. The highest BCUT2D eigenvalue weighted by Crippen LogP contribution is 2.27. The monoisotopic (exact) mass is 386 g/mol. The molecule has 7 nitrogen and oxygen atoms in total. The Morgan fingerprint density at radius 3 is 2.63 bits per heavy atom. The molecule has 0 spiro atoms. The molecule has 0 unspecified atom stereocenters. The van der Waals surface area contributed by atoms with E-state index in [-0.39, 0.29) is 31.1 Å². The highest BCUT2D eigenvalue weighted by molar-refractivity contribution is 7.20. The third kappa shape index (κ3) is 4.22. The number of carbonyl (C=O) groups is 2. The van der Waals surface area contributed by atoms with Crippen LogP contribution in [-0.4, -0.2) is 34.5 Å². The van der Waals surface area contributed by atoms with Crippen molar-refractivity contribution in [3.8, 4) is 5.75 Å². The molecule has 0 aliphatic heterocycles. The predicted octanol–water partition coefficient (Wildman–Crippen LogP) is 2.59. The molecule has 8 heteroatoms. The Balaban J connectivity index is 1.71. The maximum absolute atomic E-state index is 12.5. The van der Waals surface area contributed by atoms with Crippen LogP contribution in [0.5, 0.6) is 5.75 Å². The fourth-order valence-corrected chi connectivity index (χ4v) is 3.62. The molecule has 0 fully saturated rings. The van der Waals surface area contributed by atoms with Gasteiger partial charge in [0.1, 0.15) is 34.5 Å². The molecular weight excluding hydrogens is 368 g/mol. The van der Waals surface area contributed by atoms with E-state index in [2.05, 4.69) is 4.98 Å². The number of Topliss-reactive ketones (excluding diaryl/α,β-unsaturated/α-hetero) is 1. The minimum absolute atomic E-state index is 0.0480. The van der Waals surface area contributed by atoms with Crippen LogP contribution in [0.2, 0.25) is 0 Å². The van der Waals surface area contributed by atoms with Crippen molar-refractivity contribution in [2.75, 3.05) is 13.2 Å². The topological polar surface area (TPSA) is 87.5 Å². The van der Waals surface area contributed by atoms with E-state index in [0.29, 0.717) is 26.4 Å². The number of fused-ring (bicyclic) bond motifs is 1. The Bertz CT molecular complexity index is 1040. The van der Waals surface area contributed by atoms with E-state index < -0.39 is 5.97 Å². The molecule has 0 saturated heterocycles. The van der Waals surface area contributed by atoms with Crippen molar-refractivity contribution in [3.05, 3.63) is 57.5 Å². The molecule has 0 bridgehead atoms. The number of aryl methyl sites for hydroxylation is 1. The smallest absolute Gasteiger partial charge is 0.348 e. The number of benzene rings is 1. The van der Waals surface area contributed by atoms with Crippen LogP contribution in [0.4, 0.5) is 0 Å². The number of thiophene rings is 1. The van der Waals surface area contributed by atoms with Crippen molar-refractivity contribution in [3.63, 3.8) is 0 Å². The van der Waals surface area contributed by atoms with Gasteiger partial charge in [-0.1, -0.05) is 18.2 Å². The number of para-hydroxylation sites is 1. The normalized spacial score (nSPS) is 10.7. The Hall–Kier alpha value is -3.00. The minimum atomic E-state index is -0.523. The van der Waals surface area contributed by atoms with Crippen molar-refractivity contribution < 1.29 is 19.1 Å². The van der Waals surface area contributed by atoms with Crippen LogP contribution in [-0.2, 0) is 16.1 Å². The van der Waals surface area contributed by atoms with Gasteiger partial charge in [-0.15, -0.1) is 11.3 Å². The summed E-state index contributed by atoms with van der Waals surface area (Å²) in [5.74, 6) is 0.0238. The van der Waals surface area contributed by atoms with E-state index in [9.17, 15) is 14.4 Å². The first-order valence-electron chi connectivity index (χ1n) is 8.30. The largest absolute Gasteiger partial charge is 0.490 e. The van der Waals surface area contributed by atoms with Gasteiger partial charge in [-0.3, -0.25) is 14.2 Å². The molecule has 0 N–H and O–H groups in total. The second-order valence-electron chi connectivity index (χ2n) is 5.91. The minimum Gasteiger partial charge on any atom is -0.490 e. The number of ether oxygens (including phenoxy) is 2. The summed E-state index contributed by atoms with van der Waals surface area (Å²) in [6, 6.07) is 9.22. The Labute approximate surface area is 159 Å². The second kappa shape index (κ2) is 8.13. The first kappa shape index (κ1) is 18.8. The number of rotatable bonds is 7. The number of hydrogen-bond donors (Lipinski definition) is 0. The molecule has 0 saturated carbocycles. The zero-order chi connectivity index (χ0) is 19.4. The molecule has 140 valence electrons. The highest BCUT2D eigenvalue weighted by atomic mass is 32.1. The standard InChI is InChI=1S/C19H18N2O5S/c1-12(22)10-21-11-20-17-15(18(21)23)13(2)16(27-17)19(24)26-9-8-25-14-6-4-3-5-7-14/h3-7,11H,8-10H2,1-2H3. The summed E-state index contributed by atoms with van der Waals surface area (Å²) >= 11 is 1.10. The summed E-state index contributed by atoms with van der Waals surface area (Å²) in [5, 5.41) is 0.344. The van der Waals surface area contributed by atoms with Gasteiger partial charge in [-0.2, -0.15) is 0 Å². The molecule has 3 aromatic rings. The average molecular weight is 386 g/mol. The van der Waals surface area contributed by atoms with Gasteiger partial charge in [-0.05, 0) is 31.5 Å². The van der Waals surface area contributed by atoms with Gasteiger partial charge in [0.05, 0.1) is 18.3 Å². The van der Waals surface area contributed by atoms with Gasteiger partial charge in [0, 0.05) is 0 Å². The fourth-order valence-electron chi connectivity index (χ4n) is 2.58. The maximum atomic E-state index is 12.5. The molecule has 0 aliphatic rings. The van der Waals surface area contributed by atoms with E-state index in [1.807, 2.05) is 30.3 Å². The summed E-state index contributed by atoms with van der Waals surface area (Å²) in [5.41, 5.74) is 0.176.